The Labute approximate surface area is 156 Å². The number of carbonyl (C=O) groups excluding carboxylic acids is 2. The second kappa shape index (κ2) is 5.87. The summed E-state index contributed by atoms with van der Waals surface area (Å²) in [6.45, 7) is 2.24. The minimum Gasteiger partial charge on any atom is -0.441 e. The molecule has 6 aliphatic rings. The van der Waals surface area contributed by atoms with Crippen molar-refractivity contribution < 1.29 is 14.3 Å². The van der Waals surface area contributed by atoms with Gasteiger partial charge in [0.05, 0.1) is 6.54 Å². The summed E-state index contributed by atoms with van der Waals surface area (Å²) in [4.78, 5) is 28.7. The third kappa shape index (κ3) is 2.82. The van der Waals surface area contributed by atoms with Crippen LogP contribution in [0.4, 0.5) is 4.79 Å². The molecule has 2 saturated heterocycles. The number of hydrogen-bond acceptors (Lipinski definition) is 3. The molecule has 4 bridgehead atoms. The second-order valence-electron chi connectivity index (χ2n) is 10.2. The van der Waals surface area contributed by atoms with Gasteiger partial charge in [-0.2, -0.15) is 0 Å². The normalized spacial score (nSPS) is 44.5. The van der Waals surface area contributed by atoms with Crippen LogP contribution in [-0.4, -0.2) is 54.1 Å². The first-order valence-electron chi connectivity index (χ1n) is 10.7. The number of carbonyl (C=O) groups is 2. The third-order valence-corrected chi connectivity index (χ3v) is 8.08. The van der Waals surface area contributed by atoms with Gasteiger partial charge in [-0.3, -0.25) is 4.79 Å². The van der Waals surface area contributed by atoms with Gasteiger partial charge in [-0.05, 0) is 74.5 Å². The second-order valence-corrected chi connectivity index (χ2v) is 10.2. The molecule has 144 valence electrons. The van der Waals surface area contributed by atoms with E-state index in [-0.39, 0.29) is 11.7 Å². The molecule has 2 aliphatic heterocycles. The highest BCUT2D eigenvalue weighted by Gasteiger charge is 2.52. The van der Waals surface area contributed by atoms with E-state index in [4.69, 9.17) is 4.74 Å². The van der Waals surface area contributed by atoms with Gasteiger partial charge >= 0.3 is 6.09 Å². The van der Waals surface area contributed by atoms with E-state index in [0.717, 1.165) is 56.5 Å². The summed E-state index contributed by atoms with van der Waals surface area (Å²) in [5.41, 5.74) is -0.0442. The molecule has 0 aromatic carbocycles. The van der Waals surface area contributed by atoms with E-state index < -0.39 is 0 Å². The Bertz CT molecular complexity index is 583. The number of hydrogen-bond donors (Lipinski definition) is 0. The SMILES string of the molecule is CN1CC2(CCCN(C(=O)CC34CC5CC(CC(C5)C3)C4)CC2)OC1=O. The summed E-state index contributed by atoms with van der Waals surface area (Å²) in [5, 5.41) is 0. The molecule has 0 aromatic rings. The summed E-state index contributed by atoms with van der Waals surface area (Å²) in [5.74, 6) is 3.06. The molecule has 26 heavy (non-hydrogen) atoms. The fourth-order valence-electron chi connectivity index (χ4n) is 7.41. The van der Waals surface area contributed by atoms with Gasteiger partial charge in [-0.25, -0.2) is 4.79 Å². The molecule has 5 nitrogen and oxygen atoms in total. The predicted molar refractivity (Wildman–Crippen MR) is 97.5 cm³/mol. The summed E-state index contributed by atoms with van der Waals surface area (Å²) in [7, 11) is 1.80. The molecule has 6 rings (SSSR count). The molecule has 0 radical (unpaired) electrons. The van der Waals surface area contributed by atoms with Crippen LogP contribution in [0.25, 0.3) is 0 Å². The minimum atomic E-state index is -0.360. The zero-order chi connectivity index (χ0) is 17.9. The van der Waals surface area contributed by atoms with Crippen molar-refractivity contribution in [3.63, 3.8) is 0 Å². The molecule has 6 fully saturated rings. The Kier molecular flexibility index (Phi) is 3.81. The zero-order valence-corrected chi connectivity index (χ0v) is 16.0. The van der Waals surface area contributed by atoms with Crippen LogP contribution in [0.1, 0.15) is 64.2 Å². The van der Waals surface area contributed by atoms with Gasteiger partial charge in [0, 0.05) is 33.0 Å². The molecule has 2 heterocycles. The fraction of sp³-hybridized carbons (Fsp3) is 0.905. The summed E-state index contributed by atoms with van der Waals surface area (Å²) in [6.07, 6.45) is 11.3. The molecule has 5 heteroatoms. The fourth-order valence-corrected chi connectivity index (χ4v) is 7.41. The maximum absolute atomic E-state index is 13.2. The summed E-state index contributed by atoms with van der Waals surface area (Å²) < 4.78 is 5.69. The minimum absolute atomic E-state index is 0.210. The maximum Gasteiger partial charge on any atom is 0.410 e. The van der Waals surface area contributed by atoms with Crippen molar-refractivity contribution in [2.45, 2.75) is 69.8 Å². The van der Waals surface area contributed by atoms with Gasteiger partial charge in [0.25, 0.3) is 0 Å². The van der Waals surface area contributed by atoms with Crippen molar-refractivity contribution in [3.05, 3.63) is 0 Å². The van der Waals surface area contributed by atoms with Gasteiger partial charge in [-0.15, -0.1) is 0 Å². The van der Waals surface area contributed by atoms with Crippen molar-refractivity contribution in [3.8, 4) is 0 Å². The van der Waals surface area contributed by atoms with Crippen molar-refractivity contribution in [1.82, 2.24) is 9.80 Å². The number of nitrogens with zero attached hydrogens (tertiary/aromatic N) is 2. The van der Waals surface area contributed by atoms with Gasteiger partial charge < -0.3 is 14.5 Å². The monoisotopic (exact) mass is 360 g/mol. The highest BCUT2D eigenvalue weighted by atomic mass is 16.6. The van der Waals surface area contributed by atoms with Crippen LogP contribution in [0.3, 0.4) is 0 Å². The molecule has 4 aliphatic carbocycles. The van der Waals surface area contributed by atoms with E-state index in [1.54, 1.807) is 11.9 Å². The Morgan fingerprint density at radius 3 is 2.31 bits per heavy atom. The zero-order valence-electron chi connectivity index (χ0n) is 16.0. The maximum atomic E-state index is 13.2. The Morgan fingerprint density at radius 1 is 1.08 bits per heavy atom. The summed E-state index contributed by atoms with van der Waals surface area (Å²) >= 11 is 0. The molecule has 4 saturated carbocycles. The van der Waals surface area contributed by atoms with Gasteiger partial charge in [0.2, 0.25) is 5.91 Å². The van der Waals surface area contributed by atoms with Crippen LogP contribution in [0, 0.1) is 23.2 Å². The Hall–Kier alpha value is -1.26. The largest absolute Gasteiger partial charge is 0.441 e. The van der Waals surface area contributed by atoms with Crippen molar-refractivity contribution in [2.24, 2.45) is 23.2 Å². The molecule has 1 unspecified atom stereocenters. The van der Waals surface area contributed by atoms with Crippen LogP contribution in [-0.2, 0) is 9.53 Å². The number of rotatable bonds is 2. The number of amides is 2. The van der Waals surface area contributed by atoms with Crippen molar-refractivity contribution in [2.75, 3.05) is 26.7 Å². The van der Waals surface area contributed by atoms with Gasteiger partial charge in [-0.1, -0.05) is 0 Å². The Balaban J connectivity index is 1.23. The lowest BCUT2D eigenvalue weighted by atomic mass is 9.49. The predicted octanol–water partition coefficient (Wildman–Crippen LogP) is 3.43. The molecule has 2 amide bonds. The van der Waals surface area contributed by atoms with E-state index in [0.29, 0.717) is 17.9 Å². The average molecular weight is 360 g/mol. The quantitative estimate of drug-likeness (QED) is 0.758. The highest BCUT2D eigenvalue weighted by Crippen LogP contribution is 2.61. The lowest BCUT2D eigenvalue weighted by molar-refractivity contribution is -0.139. The molecule has 0 N–H and O–H groups in total. The lowest BCUT2D eigenvalue weighted by Gasteiger charge is -2.57. The van der Waals surface area contributed by atoms with Crippen LogP contribution < -0.4 is 0 Å². The van der Waals surface area contributed by atoms with Crippen molar-refractivity contribution >= 4 is 12.0 Å². The molecular formula is C21H32N2O3. The highest BCUT2D eigenvalue weighted by molar-refractivity contribution is 5.77. The molecule has 0 aromatic heterocycles. The topological polar surface area (TPSA) is 49.9 Å². The van der Waals surface area contributed by atoms with Crippen LogP contribution >= 0.6 is 0 Å². The van der Waals surface area contributed by atoms with E-state index in [9.17, 15) is 9.59 Å². The van der Waals surface area contributed by atoms with E-state index in [2.05, 4.69) is 4.90 Å². The van der Waals surface area contributed by atoms with E-state index >= 15 is 0 Å². The van der Waals surface area contributed by atoms with Crippen LogP contribution in [0.2, 0.25) is 0 Å². The van der Waals surface area contributed by atoms with E-state index in [1.165, 1.54) is 38.5 Å². The smallest absolute Gasteiger partial charge is 0.410 e. The first kappa shape index (κ1) is 16.9. The average Bonchev–Trinajstić information content (AvgIpc) is 2.72. The Morgan fingerprint density at radius 2 is 1.73 bits per heavy atom. The number of ether oxygens (including phenoxy) is 1. The third-order valence-electron chi connectivity index (χ3n) is 8.08. The van der Waals surface area contributed by atoms with Gasteiger partial charge in [0.1, 0.15) is 5.60 Å². The van der Waals surface area contributed by atoms with Crippen LogP contribution in [0.15, 0.2) is 0 Å². The molecular weight excluding hydrogens is 328 g/mol. The molecule has 1 atom stereocenters. The lowest BCUT2D eigenvalue weighted by Crippen LogP contribution is -2.48. The van der Waals surface area contributed by atoms with Crippen LogP contribution in [0.5, 0.6) is 0 Å². The van der Waals surface area contributed by atoms with E-state index in [1.807, 2.05) is 0 Å². The van der Waals surface area contributed by atoms with Crippen molar-refractivity contribution in [1.29, 1.82) is 0 Å². The number of likely N-dealkylation sites (tertiary alicyclic amines) is 1. The first-order chi connectivity index (χ1) is 12.4. The van der Waals surface area contributed by atoms with Gasteiger partial charge in [0.15, 0.2) is 0 Å². The standard InChI is InChI=1S/C21H32N2O3/c1-22-14-21(26-19(22)25)3-2-5-23(6-4-21)18(24)13-20-10-15-7-16(11-20)9-17(8-15)12-20/h15-17H,2-14H2,1H3. The summed E-state index contributed by atoms with van der Waals surface area (Å²) in [6, 6.07) is 0. The number of likely N-dealkylation sites (N-methyl/N-ethyl adjacent to an activating group) is 1. The molecule has 1 spiro atoms. The first-order valence-corrected chi connectivity index (χ1v) is 10.7.